The molecule has 1 aliphatic heterocycles. The summed E-state index contributed by atoms with van der Waals surface area (Å²) in [5, 5.41) is 12.3. The second kappa shape index (κ2) is 9.86. The van der Waals surface area contributed by atoms with E-state index in [1.54, 1.807) is 24.3 Å². The average molecular weight is 585 g/mol. The van der Waals surface area contributed by atoms with Crippen LogP contribution in [0.1, 0.15) is 68.9 Å². The van der Waals surface area contributed by atoms with Crippen LogP contribution in [0.4, 0.5) is 0 Å². The maximum Gasteiger partial charge on any atom is 0.175 e. The van der Waals surface area contributed by atoms with Gasteiger partial charge in [-0.05, 0) is 110 Å². The Morgan fingerprint density at radius 3 is 2.50 bits per heavy atom. The molecule has 7 heteroatoms. The second-order valence-electron chi connectivity index (χ2n) is 12.8. The number of carbonyl (C=O) groups excluding carboxylic acids is 1. The lowest BCUT2D eigenvalue weighted by Gasteiger charge is -2.53. The van der Waals surface area contributed by atoms with Gasteiger partial charge in [-0.15, -0.1) is 0 Å². The third-order valence-electron chi connectivity index (χ3n) is 10.6. The summed E-state index contributed by atoms with van der Waals surface area (Å²) in [5.74, 6) is 8.89. The first kappa shape index (κ1) is 27.5. The largest absolute Gasteiger partial charge is 0.486 e. The van der Waals surface area contributed by atoms with E-state index in [1.807, 2.05) is 12.1 Å². The highest BCUT2D eigenvalue weighted by molar-refractivity contribution is 7.90. The van der Waals surface area contributed by atoms with Crippen molar-refractivity contribution in [3.63, 3.8) is 0 Å². The van der Waals surface area contributed by atoms with E-state index in [4.69, 9.17) is 9.47 Å². The predicted molar refractivity (Wildman–Crippen MR) is 159 cm³/mol. The van der Waals surface area contributed by atoms with Crippen molar-refractivity contribution in [3.05, 3.63) is 76.4 Å². The Bertz CT molecular complexity index is 1710. The Morgan fingerprint density at radius 2 is 1.74 bits per heavy atom. The van der Waals surface area contributed by atoms with Crippen LogP contribution in [0.25, 0.3) is 0 Å². The monoisotopic (exact) mass is 584 g/mol. The van der Waals surface area contributed by atoms with E-state index in [9.17, 15) is 18.3 Å². The van der Waals surface area contributed by atoms with Crippen molar-refractivity contribution in [1.82, 2.24) is 0 Å². The Hall–Kier alpha value is -3.34. The molecule has 0 saturated heterocycles. The zero-order valence-electron chi connectivity index (χ0n) is 24.1. The molecule has 7 rings (SSSR count). The molecule has 2 saturated carbocycles. The second-order valence-corrected chi connectivity index (χ2v) is 14.9. The van der Waals surface area contributed by atoms with Crippen LogP contribution in [0.15, 0.2) is 70.2 Å². The summed E-state index contributed by atoms with van der Waals surface area (Å²) >= 11 is 0. The summed E-state index contributed by atoms with van der Waals surface area (Å²) in [6.07, 6.45) is 8.50. The predicted octanol–water partition coefficient (Wildman–Crippen LogP) is 5.54. The van der Waals surface area contributed by atoms with Gasteiger partial charge in [0.1, 0.15) is 18.8 Å². The van der Waals surface area contributed by atoms with Crippen LogP contribution < -0.4 is 9.47 Å². The lowest BCUT2D eigenvalue weighted by Crippen LogP contribution is -2.51. The Labute approximate surface area is 247 Å². The molecular weight excluding hydrogens is 548 g/mol. The molecule has 4 aliphatic carbocycles. The number of benzene rings is 2. The van der Waals surface area contributed by atoms with Crippen molar-refractivity contribution in [2.75, 3.05) is 19.5 Å². The van der Waals surface area contributed by atoms with Crippen molar-refractivity contribution >= 4 is 15.6 Å². The van der Waals surface area contributed by atoms with Crippen molar-refractivity contribution in [3.8, 4) is 23.3 Å². The smallest absolute Gasteiger partial charge is 0.175 e. The number of hydrogen-bond donors (Lipinski definition) is 1. The van der Waals surface area contributed by atoms with Gasteiger partial charge < -0.3 is 14.6 Å². The minimum absolute atomic E-state index is 0.0689. The van der Waals surface area contributed by atoms with Crippen LogP contribution in [-0.4, -0.2) is 44.4 Å². The SMILES string of the molecule is C[C@]12C[C@H](c3ccc4c(c3)OCCO4)C3=C4CCC(=O)C=C4CC[C@H]3[C@@H]1CC[C@@]2(O)C#Cc1ccc(S(C)(=O)=O)cc1. The van der Waals surface area contributed by atoms with Crippen LogP contribution >= 0.6 is 0 Å². The number of hydrogen-bond acceptors (Lipinski definition) is 6. The maximum absolute atomic E-state index is 12.4. The lowest BCUT2D eigenvalue weighted by atomic mass is 9.51. The summed E-state index contributed by atoms with van der Waals surface area (Å²) in [6.45, 7) is 3.28. The zero-order valence-corrected chi connectivity index (χ0v) is 24.9. The fourth-order valence-corrected chi connectivity index (χ4v) is 9.04. The molecule has 0 amide bonds. The van der Waals surface area contributed by atoms with Gasteiger partial charge in [0.2, 0.25) is 0 Å². The highest BCUT2D eigenvalue weighted by Gasteiger charge is 2.62. The van der Waals surface area contributed by atoms with Gasteiger partial charge in [-0.25, -0.2) is 8.42 Å². The minimum Gasteiger partial charge on any atom is -0.486 e. The fraction of sp³-hybridized carbons (Fsp3) is 0.457. The van der Waals surface area contributed by atoms with Crippen molar-refractivity contribution < 1.29 is 27.8 Å². The number of ether oxygens (including phenoxy) is 2. The molecule has 42 heavy (non-hydrogen) atoms. The number of ketones is 1. The Balaban J connectivity index is 1.31. The molecule has 2 fully saturated rings. The van der Waals surface area contributed by atoms with Crippen LogP contribution in [0.3, 0.4) is 0 Å². The molecular formula is C35H36O6S. The molecule has 2 aromatic rings. The van der Waals surface area contributed by atoms with Gasteiger partial charge in [0.25, 0.3) is 0 Å². The minimum atomic E-state index is -3.29. The molecule has 6 nitrogen and oxygen atoms in total. The van der Waals surface area contributed by atoms with E-state index < -0.39 is 20.9 Å². The molecule has 218 valence electrons. The summed E-state index contributed by atoms with van der Waals surface area (Å²) in [7, 11) is -3.29. The van der Waals surface area contributed by atoms with Crippen LogP contribution in [0.5, 0.6) is 11.5 Å². The number of carbonyl (C=O) groups is 1. The van der Waals surface area contributed by atoms with Gasteiger partial charge in [0.05, 0.1) is 4.90 Å². The summed E-state index contributed by atoms with van der Waals surface area (Å²) < 4.78 is 35.6. The van der Waals surface area contributed by atoms with Crippen LogP contribution in [-0.2, 0) is 14.6 Å². The molecule has 2 aromatic carbocycles. The highest BCUT2D eigenvalue weighted by atomic mass is 32.2. The zero-order chi connectivity index (χ0) is 29.3. The summed E-state index contributed by atoms with van der Waals surface area (Å²) in [4.78, 5) is 12.6. The quantitative estimate of drug-likeness (QED) is 0.466. The van der Waals surface area contributed by atoms with Gasteiger partial charge in [0.15, 0.2) is 27.1 Å². The first-order valence-electron chi connectivity index (χ1n) is 15.0. The number of fused-ring (bicyclic) bond motifs is 5. The molecule has 0 bridgehead atoms. The molecule has 1 heterocycles. The molecule has 0 unspecified atom stereocenters. The summed E-state index contributed by atoms with van der Waals surface area (Å²) in [5.41, 5.74) is 4.22. The number of aliphatic hydroxyl groups is 1. The molecule has 5 aliphatic rings. The normalized spacial score (nSPS) is 31.7. The number of rotatable bonds is 2. The fourth-order valence-electron chi connectivity index (χ4n) is 8.41. The van der Waals surface area contributed by atoms with Gasteiger partial charge in [-0.1, -0.05) is 30.4 Å². The Morgan fingerprint density at radius 1 is 0.976 bits per heavy atom. The highest BCUT2D eigenvalue weighted by Crippen LogP contribution is 2.66. The third kappa shape index (κ3) is 4.42. The molecule has 0 aromatic heterocycles. The van der Waals surface area contributed by atoms with E-state index in [0.29, 0.717) is 37.5 Å². The maximum atomic E-state index is 12.4. The van der Waals surface area contributed by atoms with Crippen molar-refractivity contribution in [1.29, 1.82) is 0 Å². The molecule has 0 spiro atoms. The van der Waals surface area contributed by atoms with E-state index in [-0.39, 0.29) is 22.5 Å². The number of allylic oxidation sites excluding steroid dienone is 4. The summed E-state index contributed by atoms with van der Waals surface area (Å²) in [6, 6.07) is 12.8. The van der Waals surface area contributed by atoms with E-state index in [0.717, 1.165) is 49.2 Å². The first-order valence-corrected chi connectivity index (χ1v) is 16.9. The lowest BCUT2D eigenvalue weighted by molar-refractivity contribution is -0.114. The average Bonchev–Trinajstić information content (AvgIpc) is 3.25. The van der Waals surface area contributed by atoms with E-state index >= 15 is 0 Å². The topological polar surface area (TPSA) is 89.9 Å². The molecule has 5 atom stereocenters. The number of sulfone groups is 1. The Kier molecular flexibility index (Phi) is 6.45. The van der Waals surface area contributed by atoms with Crippen LogP contribution in [0, 0.1) is 29.1 Å². The van der Waals surface area contributed by atoms with Gasteiger partial charge in [-0.2, -0.15) is 0 Å². The van der Waals surface area contributed by atoms with E-state index in [1.165, 1.54) is 23.0 Å². The van der Waals surface area contributed by atoms with Gasteiger partial charge in [0, 0.05) is 29.6 Å². The van der Waals surface area contributed by atoms with Crippen molar-refractivity contribution in [2.24, 2.45) is 17.3 Å². The van der Waals surface area contributed by atoms with E-state index in [2.05, 4.69) is 30.9 Å². The standard InChI is InChI=1S/C35H36O6S/c1-34-21-29(24-6-12-31-32(20-24)41-18-17-40-31)33-27-11-7-25(36)19-23(27)5-10-28(33)30(34)14-16-35(34,37)15-13-22-3-8-26(9-4-22)42(2,38)39/h3-4,6,8-9,12,19-20,28-30,37H,5,7,10-11,14,16-18,21H2,1-2H3/t28-,29+,30-,34-,35-/m0/s1. The third-order valence-corrected chi connectivity index (χ3v) is 11.7. The molecule has 0 radical (unpaired) electrons. The van der Waals surface area contributed by atoms with Gasteiger partial charge >= 0.3 is 0 Å². The van der Waals surface area contributed by atoms with Crippen molar-refractivity contribution in [2.45, 2.75) is 68.3 Å². The first-order chi connectivity index (χ1) is 20.1. The van der Waals surface area contributed by atoms with Crippen LogP contribution in [0.2, 0.25) is 0 Å². The van der Waals surface area contributed by atoms with Gasteiger partial charge in [-0.3, -0.25) is 4.79 Å². The molecule has 1 N–H and O–H groups in total.